The first-order chi connectivity index (χ1) is 10.1. The summed E-state index contributed by atoms with van der Waals surface area (Å²) in [5.41, 5.74) is 0.607. The molecule has 5 nitrogen and oxygen atoms in total. The lowest BCUT2D eigenvalue weighted by Gasteiger charge is -2.34. The largest absolute Gasteiger partial charge is 0.493 e. The van der Waals surface area contributed by atoms with E-state index in [9.17, 15) is 4.79 Å². The van der Waals surface area contributed by atoms with Crippen molar-refractivity contribution in [3.8, 4) is 11.5 Å². The van der Waals surface area contributed by atoms with E-state index in [0.717, 1.165) is 17.6 Å². The minimum atomic E-state index is 0. The molecule has 124 valence electrons. The minimum absolute atomic E-state index is 0. The second kappa shape index (κ2) is 8.60. The quantitative estimate of drug-likeness (QED) is 0.854. The summed E-state index contributed by atoms with van der Waals surface area (Å²) in [6.07, 6.45) is 0. The van der Waals surface area contributed by atoms with Crippen molar-refractivity contribution in [2.45, 2.75) is 19.9 Å². The molecular formula is C15H22BrClN2O3. The molecule has 1 aromatic rings. The van der Waals surface area contributed by atoms with E-state index in [0.29, 0.717) is 30.2 Å². The maximum absolute atomic E-state index is 12.7. The van der Waals surface area contributed by atoms with Crippen LogP contribution in [0.15, 0.2) is 16.6 Å². The van der Waals surface area contributed by atoms with Gasteiger partial charge in [0.15, 0.2) is 11.5 Å². The summed E-state index contributed by atoms with van der Waals surface area (Å²) in [4.78, 5) is 14.6. The van der Waals surface area contributed by atoms with Crippen LogP contribution in [0.4, 0.5) is 0 Å². The first kappa shape index (κ1) is 19.1. The van der Waals surface area contributed by atoms with Gasteiger partial charge in [-0.1, -0.05) is 0 Å². The summed E-state index contributed by atoms with van der Waals surface area (Å²) >= 11 is 3.46. The van der Waals surface area contributed by atoms with Gasteiger partial charge in [0.25, 0.3) is 5.91 Å². The Labute approximate surface area is 145 Å². The monoisotopic (exact) mass is 392 g/mol. The molecule has 22 heavy (non-hydrogen) atoms. The molecule has 7 heteroatoms. The molecule has 1 heterocycles. The van der Waals surface area contributed by atoms with Crippen molar-refractivity contribution in [1.29, 1.82) is 0 Å². The van der Waals surface area contributed by atoms with E-state index in [1.807, 2.05) is 18.7 Å². The Morgan fingerprint density at radius 3 is 2.82 bits per heavy atom. The van der Waals surface area contributed by atoms with E-state index in [1.165, 1.54) is 0 Å². The SMILES string of the molecule is CCOc1c(Br)cc(C(=O)N2CCNCC2C)cc1OC.Cl. The van der Waals surface area contributed by atoms with Gasteiger partial charge < -0.3 is 19.7 Å². The molecule has 1 aliphatic heterocycles. The van der Waals surface area contributed by atoms with Crippen molar-refractivity contribution in [3.05, 3.63) is 22.2 Å². The predicted octanol–water partition coefficient (Wildman–Crippen LogP) is 2.71. The van der Waals surface area contributed by atoms with Crippen LogP contribution in [0.2, 0.25) is 0 Å². The first-order valence-corrected chi connectivity index (χ1v) is 7.89. The number of nitrogens with zero attached hydrogens (tertiary/aromatic N) is 1. The molecule has 1 aliphatic rings. The Morgan fingerprint density at radius 2 is 2.23 bits per heavy atom. The van der Waals surface area contributed by atoms with Crippen molar-refractivity contribution < 1.29 is 14.3 Å². The van der Waals surface area contributed by atoms with E-state index in [2.05, 4.69) is 21.2 Å². The molecule has 1 saturated heterocycles. The summed E-state index contributed by atoms with van der Waals surface area (Å²) in [7, 11) is 1.58. The summed E-state index contributed by atoms with van der Waals surface area (Å²) in [5, 5.41) is 3.28. The van der Waals surface area contributed by atoms with Gasteiger partial charge >= 0.3 is 0 Å². The number of hydrogen-bond acceptors (Lipinski definition) is 4. The van der Waals surface area contributed by atoms with Crippen molar-refractivity contribution in [3.63, 3.8) is 0 Å². The molecule has 1 atom stereocenters. The predicted molar refractivity (Wildman–Crippen MR) is 92.5 cm³/mol. The van der Waals surface area contributed by atoms with E-state index in [4.69, 9.17) is 9.47 Å². The van der Waals surface area contributed by atoms with Crippen molar-refractivity contribution in [2.24, 2.45) is 0 Å². The Bertz CT molecular complexity index is 528. The van der Waals surface area contributed by atoms with Crippen LogP contribution in [-0.2, 0) is 0 Å². The van der Waals surface area contributed by atoms with E-state index >= 15 is 0 Å². The zero-order valence-electron chi connectivity index (χ0n) is 13.0. The van der Waals surface area contributed by atoms with E-state index < -0.39 is 0 Å². The molecule has 0 aromatic heterocycles. The van der Waals surface area contributed by atoms with Gasteiger partial charge in [0, 0.05) is 31.2 Å². The number of piperazine rings is 1. The lowest BCUT2D eigenvalue weighted by atomic mass is 10.1. The van der Waals surface area contributed by atoms with Crippen LogP contribution in [0.3, 0.4) is 0 Å². The highest BCUT2D eigenvalue weighted by molar-refractivity contribution is 9.10. The molecule has 0 bridgehead atoms. The average Bonchev–Trinajstić information content (AvgIpc) is 2.49. The van der Waals surface area contributed by atoms with Crippen molar-refractivity contribution >= 4 is 34.2 Å². The lowest BCUT2D eigenvalue weighted by molar-refractivity contribution is 0.0655. The lowest BCUT2D eigenvalue weighted by Crippen LogP contribution is -2.52. The zero-order chi connectivity index (χ0) is 15.4. The van der Waals surface area contributed by atoms with E-state index in [-0.39, 0.29) is 24.4 Å². The van der Waals surface area contributed by atoms with Gasteiger partial charge in [-0.15, -0.1) is 12.4 Å². The molecule has 2 rings (SSSR count). The van der Waals surface area contributed by atoms with Gasteiger partial charge in [-0.25, -0.2) is 0 Å². The summed E-state index contributed by atoms with van der Waals surface area (Å²) < 4.78 is 11.6. The molecular weight excluding hydrogens is 372 g/mol. The van der Waals surface area contributed by atoms with Gasteiger partial charge in [-0.3, -0.25) is 4.79 Å². The number of carbonyl (C=O) groups excluding carboxylic acids is 1. The Kier molecular flexibility index (Phi) is 7.45. The highest BCUT2D eigenvalue weighted by Crippen LogP contribution is 2.37. The Hall–Kier alpha value is -0.980. The standard InChI is InChI=1S/C15H21BrN2O3.ClH/c1-4-21-14-12(16)7-11(8-13(14)20-3)15(19)18-6-5-17-9-10(18)2;/h7-8,10,17H,4-6,9H2,1-3H3;1H. The summed E-state index contributed by atoms with van der Waals surface area (Å²) in [5.74, 6) is 1.22. The van der Waals surface area contributed by atoms with Gasteiger partial charge in [0.05, 0.1) is 18.2 Å². The number of halogens is 2. The van der Waals surface area contributed by atoms with Crippen LogP contribution in [0.5, 0.6) is 11.5 Å². The normalized spacial score (nSPS) is 17.6. The highest BCUT2D eigenvalue weighted by atomic mass is 79.9. The molecule has 0 aliphatic carbocycles. The van der Waals surface area contributed by atoms with Crippen molar-refractivity contribution in [2.75, 3.05) is 33.4 Å². The molecule has 0 spiro atoms. The number of hydrogen-bond donors (Lipinski definition) is 1. The van der Waals surface area contributed by atoms with Crippen molar-refractivity contribution in [1.82, 2.24) is 10.2 Å². The molecule has 1 amide bonds. The van der Waals surface area contributed by atoms with E-state index in [1.54, 1.807) is 19.2 Å². The zero-order valence-corrected chi connectivity index (χ0v) is 15.4. The molecule has 1 aromatic carbocycles. The average molecular weight is 394 g/mol. The number of benzene rings is 1. The third-order valence-electron chi connectivity index (χ3n) is 3.53. The number of nitrogens with one attached hydrogen (secondary N) is 1. The number of amides is 1. The maximum atomic E-state index is 12.7. The number of rotatable bonds is 4. The molecule has 1 fully saturated rings. The third kappa shape index (κ3) is 4.06. The highest BCUT2D eigenvalue weighted by Gasteiger charge is 2.25. The Balaban J connectivity index is 0.00000242. The topological polar surface area (TPSA) is 50.8 Å². The van der Waals surface area contributed by atoms with Crippen LogP contribution < -0.4 is 14.8 Å². The van der Waals surface area contributed by atoms with Crippen LogP contribution in [0.1, 0.15) is 24.2 Å². The van der Waals surface area contributed by atoms with Crippen LogP contribution in [-0.4, -0.2) is 50.2 Å². The summed E-state index contributed by atoms with van der Waals surface area (Å²) in [6, 6.07) is 3.72. The van der Waals surface area contributed by atoms with Crippen LogP contribution in [0, 0.1) is 0 Å². The fraction of sp³-hybridized carbons (Fsp3) is 0.533. The molecule has 0 radical (unpaired) electrons. The fourth-order valence-electron chi connectivity index (χ4n) is 2.44. The number of ether oxygens (including phenoxy) is 2. The number of methoxy groups -OCH3 is 1. The summed E-state index contributed by atoms with van der Waals surface area (Å²) in [6.45, 7) is 6.86. The van der Waals surface area contributed by atoms with Gasteiger partial charge in [-0.05, 0) is 41.9 Å². The second-order valence-corrected chi connectivity index (χ2v) is 5.83. The first-order valence-electron chi connectivity index (χ1n) is 7.10. The van der Waals surface area contributed by atoms with Crippen LogP contribution in [0.25, 0.3) is 0 Å². The third-order valence-corrected chi connectivity index (χ3v) is 4.12. The van der Waals surface area contributed by atoms with Gasteiger partial charge in [0.1, 0.15) is 0 Å². The maximum Gasteiger partial charge on any atom is 0.254 e. The smallest absolute Gasteiger partial charge is 0.254 e. The molecule has 0 saturated carbocycles. The Morgan fingerprint density at radius 1 is 1.50 bits per heavy atom. The fourth-order valence-corrected chi connectivity index (χ4v) is 2.99. The van der Waals surface area contributed by atoms with Gasteiger partial charge in [0.2, 0.25) is 0 Å². The van der Waals surface area contributed by atoms with Crippen LogP contribution >= 0.6 is 28.3 Å². The second-order valence-electron chi connectivity index (χ2n) is 4.97. The minimum Gasteiger partial charge on any atom is -0.493 e. The number of carbonyl (C=O) groups is 1. The van der Waals surface area contributed by atoms with Gasteiger partial charge in [-0.2, -0.15) is 0 Å². The molecule has 1 N–H and O–H groups in total. The molecule has 1 unspecified atom stereocenters.